The summed E-state index contributed by atoms with van der Waals surface area (Å²) in [5.41, 5.74) is 1.24. The third kappa shape index (κ3) is 7.87. The van der Waals surface area contributed by atoms with Gasteiger partial charge in [0.25, 0.3) is 0 Å². The lowest BCUT2D eigenvalue weighted by atomic mass is 10.1. The van der Waals surface area contributed by atoms with Gasteiger partial charge in [0.1, 0.15) is 5.75 Å². The van der Waals surface area contributed by atoms with Gasteiger partial charge in [0, 0.05) is 13.1 Å². The fourth-order valence-corrected chi connectivity index (χ4v) is 2.16. The quantitative estimate of drug-likeness (QED) is 0.376. The van der Waals surface area contributed by atoms with Crippen LogP contribution >= 0.6 is 24.0 Å². The first-order chi connectivity index (χ1) is 10.6. The van der Waals surface area contributed by atoms with Gasteiger partial charge < -0.3 is 20.3 Å². The van der Waals surface area contributed by atoms with Crippen molar-refractivity contribution in [2.45, 2.75) is 26.3 Å². The molecule has 1 aromatic rings. The van der Waals surface area contributed by atoms with E-state index in [-0.39, 0.29) is 30.0 Å². The Labute approximate surface area is 157 Å². The van der Waals surface area contributed by atoms with Crippen LogP contribution in [-0.4, -0.2) is 51.7 Å². The highest BCUT2D eigenvalue weighted by Crippen LogP contribution is 2.21. The molecule has 6 heteroatoms. The number of nitrogens with zero attached hydrogens (tertiary/aromatic N) is 2. The van der Waals surface area contributed by atoms with E-state index in [4.69, 9.17) is 9.73 Å². The molecular weight excluding hydrogens is 403 g/mol. The molecule has 0 aliphatic rings. The minimum atomic E-state index is 0. The number of guanidine groups is 1. The molecule has 0 aliphatic heterocycles. The summed E-state index contributed by atoms with van der Waals surface area (Å²) >= 11 is 0. The van der Waals surface area contributed by atoms with Crippen LogP contribution in [0.3, 0.4) is 0 Å². The Balaban J connectivity index is 0.00000484. The molecular formula is C17H31IN4O. The summed E-state index contributed by atoms with van der Waals surface area (Å²) in [4.78, 5) is 6.90. The van der Waals surface area contributed by atoms with Crippen LogP contribution in [0.2, 0.25) is 0 Å². The average molecular weight is 434 g/mol. The minimum Gasteiger partial charge on any atom is -0.497 e. The standard InChI is InChI=1S/C17H30N4O.HI/c1-6-12-19-17(18-7-2)20-13-16(21(3)4)14-8-10-15(22-5)11-9-14;/h8-11,16H,6-7,12-13H2,1-5H3,(H2,18,19,20);1H. The number of benzene rings is 1. The molecule has 132 valence electrons. The lowest BCUT2D eigenvalue weighted by Gasteiger charge is -2.24. The van der Waals surface area contributed by atoms with E-state index >= 15 is 0 Å². The molecule has 23 heavy (non-hydrogen) atoms. The van der Waals surface area contributed by atoms with E-state index in [2.05, 4.69) is 55.6 Å². The van der Waals surface area contributed by atoms with E-state index in [0.29, 0.717) is 6.54 Å². The summed E-state index contributed by atoms with van der Waals surface area (Å²) in [7, 11) is 5.85. The Hall–Kier alpha value is -1.02. The number of nitrogens with one attached hydrogen (secondary N) is 2. The van der Waals surface area contributed by atoms with Gasteiger partial charge in [0.05, 0.1) is 19.7 Å². The maximum absolute atomic E-state index is 5.22. The number of aliphatic imine (C=N–C) groups is 1. The Morgan fingerprint density at radius 2 is 1.83 bits per heavy atom. The smallest absolute Gasteiger partial charge is 0.191 e. The van der Waals surface area contributed by atoms with Gasteiger partial charge >= 0.3 is 0 Å². The summed E-state index contributed by atoms with van der Waals surface area (Å²) in [5.74, 6) is 1.76. The monoisotopic (exact) mass is 434 g/mol. The van der Waals surface area contributed by atoms with Crippen molar-refractivity contribution in [3.63, 3.8) is 0 Å². The predicted octanol–water partition coefficient (Wildman–Crippen LogP) is 2.88. The summed E-state index contributed by atoms with van der Waals surface area (Å²) in [5, 5.41) is 6.62. The molecule has 5 nitrogen and oxygen atoms in total. The first-order valence-corrected chi connectivity index (χ1v) is 7.94. The second kappa shape index (κ2) is 12.4. The largest absolute Gasteiger partial charge is 0.497 e. The van der Waals surface area contributed by atoms with Crippen molar-refractivity contribution < 1.29 is 4.74 Å². The highest BCUT2D eigenvalue weighted by atomic mass is 127. The van der Waals surface area contributed by atoms with Crippen molar-refractivity contribution in [3.8, 4) is 5.75 Å². The number of hydrogen-bond donors (Lipinski definition) is 2. The number of hydrogen-bond acceptors (Lipinski definition) is 3. The summed E-state index contributed by atoms with van der Waals surface area (Å²) in [6.45, 7) is 6.73. The molecule has 0 aliphatic carbocycles. The van der Waals surface area contributed by atoms with E-state index in [1.54, 1.807) is 7.11 Å². The molecule has 1 rings (SSSR count). The fourth-order valence-electron chi connectivity index (χ4n) is 2.16. The lowest BCUT2D eigenvalue weighted by molar-refractivity contribution is 0.306. The van der Waals surface area contributed by atoms with Crippen LogP contribution in [0.15, 0.2) is 29.3 Å². The Morgan fingerprint density at radius 1 is 1.17 bits per heavy atom. The molecule has 0 radical (unpaired) electrons. The molecule has 0 amide bonds. The van der Waals surface area contributed by atoms with Gasteiger partial charge in [-0.1, -0.05) is 19.1 Å². The summed E-state index contributed by atoms with van der Waals surface area (Å²) in [6, 6.07) is 8.44. The summed E-state index contributed by atoms with van der Waals surface area (Å²) < 4.78 is 5.22. The molecule has 0 heterocycles. The molecule has 0 spiro atoms. The Bertz CT molecular complexity index is 448. The van der Waals surface area contributed by atoms with E-state index in [0.717, 1.165) is 31.2 Å². The average Bonchev–Trinajstić information content (AvgIpc) is 2.53. The second-order valence-electron chi connectivity index (χ2n) is 5.40. The first kappa shape index (κ1) is 22.0. The van der Waals surface area contributed by atoms with Gasteiger partial charge in [-0.2, -0.15) is 0 Å². The molecule has 0 bridgehead atoms. The van der Waals surface area contributed by atoms with Crippen LogP contribution in [0.5, 0.6) is 5.75 Å². The van der Waals surface area contributed by atoms with E-state index in [1.165, 1.54) is 5.56 Å². The molecule has 0 fully saturated rings. The zero-order valence-corrected chi connectivity index (χ0v) is 17.3. The molecule has 0 saturated carbocycles. The number of halogens is 1. The molecule has 1 unspecified atom stereocenters. The zero-order chi connectivity index (χ0) is 16.4. The van der Waals surface area contributed by atoms with Crippen molar-refractivity contribution in [1.82, 2.24) is 15.5 Å². The maximum Gasteiger partial charge on any atom is 0.191 e. The molecule has 2 N–H and O–H groups in total. The number of rotatable bonds is 8. The minimum absolute atomic E-state index is 0. The fraction of sp³-hybridized carbons (Fsp3) is 0.588. The molecule has 1 atom stereocenters. The van der Waals surface area contributed by atoms with Crippen molar-refractivity contribution in [2.75, 3.05) is 40.8 Å². The normalized spacial score (nSPS) is 12.5. The van der Waals surface area contributed by atoms with Gasteiger partial charge in [0.2, 0.25) is 0 Å². The van der Waals surface area contributed by atoms with E-state index in [9.17, 15) is 0 Å². The predicted molar refractivity (Wildman–Crippen MR) is 109 cm³/mol. The van der Waals surface area contributed by atoms with Crippen molar-refractivity contribution >= 4 is 29.9 Å². The van der Waals surface area contributed by atoms with Gasteiger partial charge in [-0.05, 0) is 45.1 Å². The highest BCUT2D eigenvalue weighted by Gasteiger charge is 2.14. The maximum atomic E-state index is 5.22. The van der Waals surface area contributed by atoms with Gasteiger partial charge in [0.15, 0.2) is 5.96 Å². The van der Waals surface area contributed by atoms with Crippen molar-refractivity contribution in [2.24, 2.45) is 4.99 Å². The molecule has 0 aromatic heterocycles. The first-order valence-electron chi connectivity index (χ1n) is 7.94. The third-order valence-corrected chi connectivity index (χ3v) is 3.43. The van der Waals surface area contributed by atoms with Crippen molar-refractivity contribution in [1.29, 1.82) is 0 Å². The van der Waals surface area contributed by atoms with Crippen LogP contribution < -0.4 is 15.4 Å². The Morgan fingerprint density at radius 3 is 2.30 bits per heavy atom. The van der Waals surface area contributed by atoms with Crippen LogP contribution in [0, 0.1) is 0 Å². The molecule has 1 aromatic carbocycles. The van der Waals surface area contributed by atoms with Gasteiger partial charge in [-0.25, -0.2) is 0 Å². The number of ether oxygens (including phenoxy) is 1. The zero-order valence-electron chi connectivity index (χ0n) is 14.9. The second-order valence-corrected chi connectivity index (χ2v) is 5.40. The lowest BCUT2D eigenvalue weighted by Crippen LogP contribution is -2.38. The van der Waals surface area contributed by atoms with Crippen LogP contribution in [0.25, 0.3) is 0 Å². The SMILES string of the molecule is CCCNC(=NCC(c1ccc(OC)cc1)N(C)C)NCC.I. The number of likely N-dealkylation sites (N-methyl/N-ethyl adjacent to an activating group) is 1. The van der Waals surface area contributed by atoms with Crippen molar-refractivity contribution in [3.05, 3.63) is 29.8 Å². The third-order valence-electron chi connectivity index (χ3n) is 3.43. The van der Waals surface area contributed by atoms with Crippen LogP contribution in [-0.2, 0) is 0 Å². The van der Waals surface area contributed by atoms with Crippen LogP contribution in [0.1, 0.15) is 31.9 Å². The van der Waals surface area contributed by atoms with E-state index in [1.807, 2.05) is 12.1 Å². The van der Waals surface area contributed by atoms with Gasteiger partial charge in [-0.3, -0.25) is 4.99 Å². The number of methoxy groups -OCH3 is 1. The Kier molecular flexibility index (Phi) is 11.9. The van der Waals surface area contributed by atoms with Crippen LogP contribution in [0.4, 0.5) is 0 Å². The van der Waals surface area contributed by atoms with E-state index < -0.39 is 0 Å². The molecule has 0 saturated heterocycles. The summed E-state index contributed by atoms with van der Waals surface area (Å²) in [6.07, 6.45) is 1.08. The topological polar surface area (TPSA) is 48.9 Å². The highest BCUT2D eigenvalue weighted by molar-refractivity contribution is 14.0. The van der Waals surface area contributed by atoms with Gasteiger partial charge in [-0.15, -0.1) is 24.0 Å².